The summed E-state index contributed by atoms with van der Waals surface area (Å²) in [5.41, 5.74) is 0.733. The molecule has 2 N–H and O–H groups in total. The van der Waals surface area contributed by atoms with Crippen LogP contribution in [-0.2, 0) is 10.3 Å². The maximum absolute atomic E-state index is 12.8. The Hall–Kier alpha value is -2.61. The summed E-state index contributed by atoms with van der Waals surface area (Å²) in [6, 6.07) is 4.68. The number of ether oxygens (including phenoxy) is 2. The smallest absolute Gasteiger partial charge is 0.341 e. The fraction of sp³-hybridized carbons (Fsp3) is 0.421. The molecule has 1 amide bonds. The van der Waals surface area contributed by atoms with Crippen molar-refractivity contribution < 1.29 is 24.2 Å². The van der Waals surface area contributed by atoms with Gasteiger partial charge in [0.2, 0.25) is 0 Å². The van der Waals surface area contributed by atoms with Crippen molar-refractivity contribution in [3.63, 3.8) is 0 Å². The molecule has 0 aliphatic heterocycles. The van der Waals surface area contributed by atoms with Gasteiger partial charge in [-0.2, -0.15) is 0 Å². The Bertz CT molecular complexity index is 820. The first-order chi connectivity index (χ1) is 12.8. The highest BCUT2D eigenvalue weighted by atomic mass is 32.1. The van der Waals surface area contributed by atoms with Crippen LogP contribution < -0.4 is 14.8 Å². The molecule has 0 bridgehead atoms. The summed E-state index contributed by atoms with van der Waals surface area (Å²) in [5.74, 6) is -0.742. The second-order valence-corrected chi connectivity index (χ2v) is 7.07. The van der Waals surface area contributed by atoms with E-state index in [1.807, 2.05) is 26.2 Å². The van der Waals surface area contributed by atoms with E-state index in [1.54, 1.807) is 25.1 Å². The van der Waals surface area contributed by atoms with Gasteiger partial charge in [0.1, 0.15) is 5.01 Å². The SMILES string of the molecule is CCOc1cc(C(=O)NC(C)(CC)c2nc(C)cs2)ccc1OCC(=O)O. The molecule has 1 atom stereocenters. The number of nitrogens with one attached hydrogen (secondary N) is 1. The zero-order chi connectivity index (χ0) is 20.0. The van der Waals surface area contributed by atoms with Crippen LogP contribution in [0.1, 0.15) is 48.3 Å². The molecule has 8 heteroatoms. The monoisotopic (exact) mass is 392 g/mol. The first-order valence-electron chi connectivity index (χ1n) is 8.65. The van der Waals surface area contributed by atoms with E-state index < -0.39 is 18.1 Å². The molecule has 1 heterocycles. The molecule has 0 saturated carbocycles. The molecule has 27 heavy (non-hydrogen) atoms. The molecule has 1 aromatic heterocycles. The lowest BCUT2D eigenvalue weighted by Crippen LogP contribution is -2.43. The van der Waals surface area contributed by atoms with E-state index in [1.165, 1.54) is 11.3 Å². The Morgan fingerprint density at radius 1 is 1.26 bits per heavy atom. The van der Waals surface area contributed by atoms with Crippen LogP contribution in [0.15, 0.2) is 23.6 Å². The maximum atomic E-state index is 12.8. The van der Waals surface area contributed by atoms with Gasteiger partial charge >= 0.3 is 5.97 Å². The number of benzene rings is 1. The average molecular weight is 392 g/mol. The minimum absolute atomic E-state index is 0.266. The fourth-order valence-corrected chi connectivity index (χ4v) is 3.39. The number of aliphatic carboxylic acids is 1. The number of hydrogen-bond acceptors (Lipinski definition) is 6. The number of carboxylic acids is 1. The van der Waals surface area contributed by atoms with E-state index in [0.717, 1.165) is 10.7 Å². The third-order valence-electron chi connectivity index (χ3n) is 4.04. The third kappa shape index (κ3) is 5.19. The van der Waals surface area contributed by atoms with Gasteiger partial charge in [-0.05, 0) is 45.4 Å². The predicted octanol–water partition coefficient (Wildman–Crippen LogP) is 3.37. The summed E-state index contributed by atoms with van der Waals surface area (Å²) in [4.78, 5) is 28.0. The molecule has 0 aliphatic carbocycles. The van der Waals surface area contributed by atoms with Crippen molar-refractivity contribution in [3.8, 4) is 11.5 Å². The van der Waals surface area contributed by atoms with Gasteiger partial charge in [-0.3, -0.25) is 4.79 Å². The highest BCUT2D eigenvalue weighted by molar-refractivity contribution is 7.09. The van der Waals surface area contributed by atoms with E-state index in [4.69, 9.17) is 14.6 Å². The minimum Gasteiger partial charge on any atom is -0.490 e. The number of hydrogen-bond donors (Lipinski definition) is 2. The van der Waals surface area contributed by atoms with Gasteiger partial charge in [-0.1, -0.05) is 6.92 Å². The number of carbonyl (C=O) groups excluding carboxylic acids is 1. The molecule has 0 aliphatic rings. The highest BCUT2D eigenvalue weighted by Crippen LogP contribution is 2.31. The van der Waals surface area contributed by atoms with Crippen molar-refractivity contribution in [2.45, 2.75) is 39.7 Å². The molecule has 0 fully saturated rings. The number of rotatable bonds is 9. The van der Waals surface area contributed by atoms with Crippen molar-refractivity contribution in [2.75, 3.05) is 13.2 Å². The van der Waals surface area contributed by atoms with Crippen LogP contribution in [0.5, 0.6) is 11.5 Å². The number of nitrogens with zero attached hydrogens (tertiary/aromatic N) is 1. The van der Waals surface area contributed by atoms with Crippen LogP contribution in [0.4, 0.5) is 0 Å². The number of thiazole rings is 1. The van der Waals surface area contributed by atoms with Gasteiger partial charge in [0.05, 0.1) is 12.1 Å². The van der Waals surface area contributed by atoms with Gasteiger partial charge in [-0.25, -0.2) is 9.78 Å². The van der Waals surface area contributed by atoms with Crippen molar-refractivity contribution in [3.05, 3.63) is 39.8 Å². The molecule has 1 unspecified atom stereocenters. The summed E-state index contributed by atoms with van der Waals surface area (Å²) in [6.07, 6.45) is 0.684. The summed E-state index contributed by atoms with van der Waals surface area (Å²) in [7, 11) is 0. The Kier molecular flexibility index (Phi) is 6.79. The van der Waals surface area contributed by atoms with Crippen molar-refractivity contribution in [2.24, 2.45) is 0 Å². The molecule has 0 saturated heterocycles. The summed E-state index contributed by atoms with van der Waals surface area (Å²) >= 11 is 1.52. The first kappa shape index (κ1) is 20.7. The van der Waals surface area contributed by atoms with Crippen molar-refractivity contribution in [1.82, 2.24) is 10.3 Å². The number of aromatic nitrogens is 1. The van der Waals surface area contributed by atoms with Crippen molar-refractivity contribution >= 4 is 23.2 Å². The number of aryl methyl sites for hydroxylation is 1. The number of carboxylic acid groups (broad SMARTS) is 1. The van der Waals surface area contributed by atoms with Crippen LogP contribution in [0.3, 0.4) is 0 Å². The molecule has 2 aromatic rings. The second-order valence-electron chi connectivity index (χ2n) is 6.21. The van der Waals surface area contributed by atoms with E-state index in [0.29, 0.717) is 24.3 Å². The number of carbonyl (C=O) groups is 2. The van der Waals surface area contributed by atoms with E-state index >= 15 is 0 Å². The normalized spacial score (nSPS) is 12.9. The molecule has 0 radical (unpaired) electrons. The van der Waals surface area contributed by atoms with Gasteiger partial charge in [-0.15, -0.1) is 11.3 Å². The molecular weight excluding hydrogens is 368 g/mol. The molecule has 0 spiro atoms. The predicted molar refractivity (Wildman–Crippen MR) is 103 cm³/mol. The second kappa shape index (κ2) is 8.85. The zero-order valence-corrected chi connectivity index (χ0v) is 16.7. The van der Waals surface area contributed by atoms with Gasteiger partial charge in [0.25, 0.3) is 5.91 Å². The Balaban J connectivity index is 2.24. The Labute approximate surface area is 162 Å². The maximum Gasteiger partial charge on any atom is 0.341 e. The molecule has 2 rings (SSSR count). The highest BCUT2D eigenvalue weighted by Gasteiger charge is 2.30. The van der Waals surface area contributed by atoms with Gasteiger partial charge < -0.3 is 19.9 Å². The summed E-state index contributed by atoms with van der Waals surface area (Å²) < 4.78 is 10.7. The van der Waals surface area contributed by atoms with Gasteiger partial charge in [0, 0.05) is 16.6 Å². The lowest BCUT2D eigenvalue weighted by molar-refractivity contribution is -0.139. The topological polar surface area (TPSA) is 97.8 Å². The standard InChI is InChI=1S/C19H24N2O5S/c1-5-19(4,18-20-12(3)11-27-18)21-17(24)13-7-8-14(26-10-16(22)23)15(9-13)25-6-2/h7-9,11H,5-6,10H2,1-4H3,(H,21,24)(H,22,23). The van der Waals surface area contributed by atoms with E-state index in [2.05, 4.69) is 10.3 Å². The Morgan fingerprint density at radius 2 is 2.00 bits per heavy atom. The molecular formula is C19H24N2O5S. The lowest BCUT2D eigenvalue weighted by Gasteiger charge is -2.27. The average Bonchev–Trinajstić information content (AvgIpc) is 3.07. The third-order valence-corrected chi connectivity index (χ3v) is 5.27. The molecule has 1 aromatic carbocycles. The number of amides is 1. The summed E-state index contributed by atoms with van der Waals surface area (Å²) in [6.45, 7) is 7.53. The van der Waals surface area contributed by atoms with Crippen LogP contribution >= 0.6 is 11.3 Å². The van der Waals surface area contributed by atoms with Gasteiger partial charge in [0.15, 0.2) is 18.1 Å². The lowest BCUT2D eigenvalue weighted by atomic mass is 9.99. The van der Waals surface area contributed by atoms with Crippen LogP contribution in [0.25, 0.3) is 0 Å². The van der Waals surface area contributed by atoms with E-state index in [-0.39, 0.29) is 11.7 Å². The fourth-order valence-electron chi connectivity index (χ4n) is 2.40. The zero-order valence-electron chi connectivity index (χ0n) is 15.9. The van der Waals surface area contributed by atoms with E-state index in [9.17, 15) is 9.59 Å². The Morgan fingerprint density at radius 3 is 2.56 bits per heavy atom. The quantitative estimate of drug-likeness (QED) is 0.679. The molecule has 146 valence electrons. The minimum atomic E-state index is -1.09. The largest absolute Gasteiger partial charge is 0.490 e. The van der Waals surface area contributed by atoms with Crippen LogP contribution in [0, 0.1) is 6.92 Å². The van der Waals surface area contributed by atoms with Crippen LogP contribution in [0.2, 0.25) is 0 Å². The first-order valence-corrected chi connectivity index (χ1v) is 9.53. The van der Waals surface area contributed by atoms with Crippen LogP contribution in [-0.4, -0.2) is 35.2 Å². The summed E-state index contributed by atoms with van der Waals surface area (Å²) in [5, 5.41) is 14.6. The molecule has 7 nitrogen and oxygen atoms in total. The van der Waals surface area contributed by atoms with Crippen molar-refractivity contribution in [1.29, 1.82) is 0 Å².